The van der Waals surface area contributed by atoms with Gasteiger partial charge < -0.3 is 5.32 Å². The second-order valence-electron chi connectivity index (χ2n) is 11.9. The van der Waals surface area contributed by atoms with Crippen LogP contribution in [0.2, 0.25) is 0 Å². The maximum Gasteiger partial charge on any atom is 0.0798 e. The number of aryl methyl sites for hydroxylation is 1. The molecule has 0 amide bonds. The summed E-state index contributed by atoms with van der Waals surface area (Å²) in [6, 6.07) is 28.9. The molecule has 4 aromatic carbocycles. The molecular formula is C40H29N. The van der Waals surface area contributed by atoms with Gasteiger partial charge in [0, 0.05) is 17.8 Å². The molecule has 1 N–H and O–H groups in total. The largest absolute Gasteiger partial charge is 0.357 e. The van der Waals surface area contributed by atoms with Gasteiger partial charge in [0.05, 0.1) is 5.41 Å². The predicted molar refractivity (Wildman–Crippen MR) is 172 cm³/mol. The van der Waals surface area contributed by atoms with Crippen LogP contribution in [0.4, 0.5) is 5.69 Å². The Morgan fingerprint density at radius 3 is 2.02 bits per heavy atom. The summed E-state index contributed by atoms with van der Waals surface area (Å²) >= 11 is 0. The average molecular weight is 524 g/mol. The third kappa shape index (κ3) is 2.96. The van der Waals surface area contributed by atoms with Gasteiger partial charge in [-0.3, -0.25) is 0 Å². The molecular weight excluding hydrogens is 494 g/mol. The Labute approximate surface area is 241 Å². The molecule has 0 saturated carbocycles. The lowest BCUT2D eigenvalue weighted by atomic mass is 9.63. The van der Waals surface area contributed by atoms with Crippen molar-refractivity contribution in [2.45, 2.75) is 20.3 Å². The summed E-state index contributed by atoms with van der Waals surface area (Å²) in [4.78, 5) is 0. The zero-order valence-electron chi connectivity index (χ0n) is 23.3. The molecule has 194 valence electrons. The third-order valence-electron chi connectivity index (χ3n) is 9.87. The maximum atomic E-state index is 4.12. The molecule has 9 rings (SSSR count). The summed E-state index contributed by atoms with van der Waals surface area (Å²) in [6.45, 7) is 4.52. The molecule has 0 radical (unpaired) electrons. The molecule has 5 aliphatic rings. The van der Waals surface area contributed by atoms with Crippen molar-refractivity contribution in [2.75, 3.05) is 5.32 Å². The first-order chi connectivity index (χ1) is 20.1. The van der Waals surface area contributed by atoms with E-state index in [4.69, 9.17) is 0 Å². The number of nitrogens with one attached hydrogen (secondary N) is 1. The van der Waals surface area contributed by atoms with Crippen molar-refractivity contribution in [3.8, 4) is 11.1 Å². The van der Waals surface area contributed by atoms with Crippen molar-refractivity contribution < 1.29 is 0 Å². The highest BCUT2D eigenvalue weighted by molar-refractivity contribution is 6.06. The Hall–Kier alpha value is -4.88. The van der Waals surface area contributed by atoms with Gasteiger partial charge >= 0.3 is 0 Å². The highest BCUT2D eigenvalue weighted by Gasteiger charge is 2.48. The number of benzene rings is 4. The average Bonchev–Trinajstić information content (AvgIpc) is 3.69. The van der Waals surface area contributed by atoms with E-state index in [-0.39, 0.29) is 0 Å². The first-order valence-corrected chi connectivity index (χ1v) is 14.6. The van der Waals surface area contributed by atoms with Gasteiger partial charge in [-0.2, -0.15) is 0 Å². The summed E-state index contributed by atoms with van der Waals surface area (Å²) in [6.07, 6.45) is 17.5. The highest BCUT2D eigenvalue weighted by Crippen LogP contribution is 2.61. The van der Waals surface area contributed by atoms with Gasteiger partial charge in [0.1, 0.15) is 0 Å². The van der Waals surface area contributed by atoms with Gasteiger partial charge in [0.2, 0.25) is 0 Å². The smallest absolute Gasteiger partial charge is 0.0798 e. The van der Waals surface area contributed by atoms with E-state index in [1.54, 1.807) is 0 Å². The molecule has 1 nitrogen and oxygen atoms in total. The molecule has 41 heavy (non-hydrogen) atoms. The fraction of sp³-hybridized carbons (Fsp3) is 0.100. The van der Waals surface area contributed by atoms with Crippen LogP contribution >= 0.6 is 0 Å². The molecule has 1 atom stereocenters. The van der Waals surface area contributed by atoms with E-state index < -0.39 is 5.41 Å². The second-order valence-corrected chi connectivity index (χ2v) is 11.9. The van der Waals surface area contributed by atoms with E-state index in [9.17, 15) is 0 Å². The number of allylic oxidation sites excluding steroid dienone is 7. The van der Waals surface area contributed by atoms with E-state index in [0.717, 1.165) is 6.42 Å². The normalized spacial score (nSPS) is 20.1. The lowest BCUT2D eigenvalue weighted by Gasteiger charge is -2.42. The highest BCUT2D eigenvalue weighted by atomic mass is 14.9. The molecule has 4 aromatic rings. The van der Waals surface area contributed by atoms with Crippen LogP contribution in [0.1, 0.15) is 44.5 Å². The van der Waals surface area contributed by atoms with Gasteiger partial charge in [-0.25, -0.2) is 0 Å². The lowest BCUT2D eigenvalue weighted by Crippen LogP contribution is -2.33. The standard InChI is InChI=1S/C40H29N/c1-24-20-34-31-15-8-3-10-26(31)21-35(34)39(25(24)2)41-38-18-17-33-30-14-7-5-12-28(30)23-37(33)40(38)19-9-16-32-29-13-6-4-11-27(29)22-36(32)40/h3-20,22-23,41H,21H2,1-2H3. The summed E-state index contributed by atoms with van der Waals surface area (Å²) in [5, 5.41) is 4.12. The van der Waals surface area contributed by atoms with Gasteiger partial charge in [-0.15, -0.1) is 0 Å². The number of anilines is 1. The Morgan fingerprint density at radius 2 is 1.29 bits per heavy atom. The number of fused-ring (bicyclic) bond motifs is 11. The van der Waals surface area contributed by atoms with Crippen LogP contribution in [0.15, 0.2) is 126 Å². The van der Waals surface area contributed by atoms with Gasteiger partial charge in [0.15, 0.2) is 0 Å². The van der Waals surface area contributed by atoms with Crippen LogP contribution in [-0.4, -0.2) is 0 Å². The van der Waals surface area contributed by atoms with Crippen LogP contribution in [0.5, 0.6) is 0 Å². The monoisotopic (exact) mass is 523 g/mol. The number of rotatable bonds is 2. The minimum absolute atomic E-state index is 0.416. The van der Waals surface area contributed by atoms with Crippen LogP contribution in [0.25, 0.3) is 34.4 Å². The number of hydrogen-bond acceptors (Lipinski definition) is 1. The molecule has 1 unspecified atom stereocenters. The van der Waals surface area contributed by atoms with Crippen molar-refractivity contribution in [3.63, 3.8) is 0 Å². The van der Waals surface area contributed by atoms with Crippen molar-refractivity contribution in [2.24, 2.45) is 5.41 Å². The number of hydrogen-bond donors (Lipinski definition) is 1. The van der Waals surface area contributed by atoms with Gasteiger partial charge in [-0.05, 0) is 110 Å². The van der Waals surface area contributed by atoms with E-state index in [1.165, 1.54) is 89.3 Å². The van der Waals surface area contributed by atoms with Gasteiger partial charge in [-0.1, -0.05) is 103 Å². The first-order valence-electron chi connectivity index (χ1n) is 14.6. The van der Waals surface area contributed by atoms with Crippen LogP contribution in [0, 0.1) is 19.3 Å². The van der Waals surface area contributed by atoms with Crippen LogP contribution in [-0.2, 0) is 6.42 Å². The van der Waals surface area contributed by atoms with Crippen molar-refractivity contribution in [1.82, 2.24) is 0 Å². The molecule has 0 bridgehead atoms. The molecule has 0 aromatic heterocycles. The zero-order chi connectivity index (χ0) is 27.3. The Morgan fingerprint density at radius 1 is 0.659 bits per heavy atom. The Kier molecular flexibility index (Phi) is 4.51. The van der Waals surface area contributed by atoms with Gasteiger partial charge in [0.25, 0.3) is 0 Å². The fourth-order valence-corrected chi connectivity index (χ4v) is 7.76. The summed E-state index contributed by atoms with van der Waals surface area (Å²) in [5.74, 6) is 0. The fourth-order valence-electron chi connectivity index (χ4n) is 7.76. The van der Waals surface area contributed by atoms with E-state index in [2.05, 4.69) is 141 Å². The molecule has 1 spiro atoms. The Bertz CT molecular complexity index is 2030. The molecule has 1 heteroatoms. The zero-order valence-corrected chi connectivity index (χ0v) is 23.3. The Balaban J connectivity index is 1.27. The SMILES string of the molecule is Cc1cc2c(c(NC3=CC=C4C(=Cc5ccccc54)C34C=CC=C3C4=Cc4ccccc43)c1C)Cc1ccccc1-2. The third-order valence-corrected chi connectivity index (χ3v) is 9.87. The summed E-state index contributed by atoms with van der Waals surface area (Å²) < 4.78 is 0. The van der Waals surface area contributed by atoms with Crippen molar-refractivity contribution >= 4 is 29.0 Å². The molecule has 0 saturated heterocycles. The van der Waals surface area contributed by atoms with Crippen molar-refractivity contribution in [1.29, 1.82) is 0 Å². The topological polar surface area (TPSA) is 12.0 Å². The maximum absolute atomic E-state index is 4.12. The predicted octanol–water partition coefficient (Wildman–Crippen LogP) is 9.70. The minimum atomic E-state index is -0.416. The quantitative estimate of drug-likeness (QED) is 0.243. The molecule has 5 aliphatic carbocycles. The lowest BCUT2D eigenvalue weighted by molar-refractivity contribution is 0.700. The summed E-state index contributed by atoms with van der Waals surface area (Å²) in [5.41, 5.74) is 20.9. The van der Waals surface area contributed by atoms with Crippen LogP contribution < -0.4 is 5.32 Å². The summed E-state index contributed by atoms with van der Waals surface area (Å²) in [7, 11) is 0. The van der Waals surface area contributed by atoms with E-state index >= 15 is 0 Å². The second kappa shape index (κ2) is 8.08. The molecule has 0 fully saturated rings. The first kappa shape index (κ1) is 22.9. The van der Waals surface area contributed by atoms with Crippen LogP contribution in [0.3, 0.4) is 0 Å². The van der Waals surface area contributed by atoms with E-state index in [0.29, 0.717) is 0 Å². The minimum Gasteiger partial charge on any atom is -0.357 e. The van der Waals surface area contributed by atoms with E-state index in [1.807, 2.05) is 0 Å². The molecule has 0 aliphatic heterocycles. The molecule has 0 heterocycles. The van der Waals surface area contributed by atoms with Crippen molar-refractivity contribution in [3.05, 3.63) is 171 Å².